The third kappa shape index (κ3) is 3.39. The van der Waals surface area contributed by atoms with E-state index in [-0.39, 0.29) is 24.6 Å². The van der Waals surface area contributed by atoms with E-state index < -0.39 is 11.6 Å². The fourth-order valence-electron chi connectivity index (χ4n) is 2.50. The van der Waals surface area contributed by atoms with Gasteiger partial charge in [-0.3, -0.25) is 0 Å². The summed E-state index contributed by atoms with van der Waals surface area (Å²) in [6.45, 7) is 2.10. The van der Waals surface area contributed by atoms with Crippen LogP contribution in [0.2, 0.25) is 0 Å². The van der Waals surface area contributed by atoms with E-state index in [9.17, 15) is 8.78 Å². The molecule has 0 saturated carbocycles. The lowest BCUT2D eigenvalue weighted by atomic mass is 10.0. The number of aliphatic hydroxyl groups is 1. The Morgan fingerprint density at radius 1 is 1.37 bits per heavy atom. The first-order valence-electron chi connectivity index (χ1n) is 6.64. The molecular formula is C15H19F2NO. The molecule has 2 nitrogen and oxygen atoms in total. The molecule has 1 aromatic rings. The van der Waals surface area contributed by atoms with E-state index in [1.54, 1.807) is 0 Å². The molecule has 0 amide bonds. The zero-order valence-corrected chi connectivity index (χ0v) is 10.9. The average Bonchev–Trinajstić information content (AvgIpc) is 2.84. The van der Waals surface area contributed by atoms with Crippen LogP contribution in [0, 0.1) is 17.6 Å². The predicted octanol–water partition coefficient (Wildman–Crippen LogP) is 2.94. The van der Waals surface area contributed by atoms with Crippen molar-refractivity contribution in [2.75, 3.05) is 6.61 Å². The van der Waals surface area contributed by atoms with Gasteiger partial charge >= 0.3 is 0 Å². The number of hydrogen-bond donors (Lipinski definition) is 2. The molecule has 104 valence electrons. The van der Waals surface area contributed by atoms with E-state index in [2.05, 4.69) is 5.32 Å². The maximum Gasteiger partial charge on any atom is 0.130 e. The van der Waals surface area contributed by atoms with Crippen molar-refractivity contribution in [1.29, 1.82) is 0 Å². The Morgan fingerprint density at radius 2 is 2.16 bits per heavy atom. The molecule has 3 atom stereocenters. The second-order valence-electron chi connectivity index (χ2n) is 4.96. The van der Waals surface area contributed by atoms with Gasteiger partial charge in [0.1, 0.15) is 11.6 Å². The lowest BCUT2D eigenvalue weighted by molar-refractivity contribution is 0.244. The molecule has 0 aliphatic heterocycles. The Morgan fingerprint density at radius 3 is 2.74 bits per heavy atom. The van der Waals surface area contributed by atoms with Gasteiger partial charge in [0.15, 0.2) is 0 Å². The van der Waals surface area contributed by atoms with Crippen LogP contribution in [0.5, 0.6) is 0 Å². The summed E-state index contributed by atoms with van der Waals surface area (Å²) in [5.74, 6) is -0.898. The highest BCUT2D eigenvalue weighted by Gasteiger charge is 2.22. The fourth-order valence-corrected chi connectivity index (χ4v) is 2.50. The molecular weight excluding hydrogens is 248 g/mol. The summed E-state index contributed by atoms with van der Waals surface area (Å²) < 4.78 is 26.7. The summed E-state index contributed by atoms with van der Waals surface area (Å²) in [5.41, 5.74) is 0.491. The Bertz CT molecular complexity index is 461. The van der Waals surface area contributed by atoms with Gasteiger partial charge in [-0.15, -0.1) is 0 Å². The minimum absolute atomic E-state index is 0.131. The molecule has 19 heavy (non-hydrogen) atoms. The molecule has 1 unspecified atom stereocenters. The summed E-state index contributed by atoms with van der Waals surface area (Å²) in [5, 5.41) is 12.4. The van der Waals surface area contributed by atoms with Crippen molar-refractivity contribution in [2.45, 2.75) is 31.8 Å². The Kier molecular flexibility index (Phi) is 4.66. The molecule has 2 N–H and O–H groups in total. The highest BCUT2D eigenvalue weighted by molar-refractivity contribution is 5.23. The monoisotopic (exact) mass is 267 g/mol. The van der Waals surface area contributed by atoms with Crippen LogP contribution >= 0.6 is 0 Å². The summed E-state index contributed by atoms with van der Waals surface area (Å²) in [6.07, 6.45) is 5.52. The van der Waals surface area contributed by atoms with Crippen molar-refractivity contribution >= 4 is 0 Å². The average molecular weight is 267 g/mol. The molecule has 1 aliphatic rings. The van der Waals surface area contributed by atoms with Gasteiger partial charge in [0, 0.05) is 36.2 Å². The van der Waals surface area contributed by atoms with Gasteiger partial charge in [0.2, 0.25) is 0 Å². The smallest absolute Gasteiger partial charge is 0.130 e. The van der Waals surface area contributed by atoms with Crippen molar-refractivity contribution in [3.8, 4) is 0 Å². The number of halogens is 2. The quantitative estimate of drug-likeness (QED) is 0.804. The fraction of sp³-hybridized carbons (Fsp3) is 0.467. The molecule has 0 heterocycles. The van der Waals surface area contributed by atoms with Gasteiger partial charge < -0.3 is 10.4 Å². The van der Waals surface area contributed by atoms with Gasteiger partial charge in [-0.1, -0.05) is 25.1 Å². The molecule has 0 radical (unpaired) electrons. The lowest BCUT2D eigenvalue weighted by Gasteiger charge is -2.22. The molecule has 1 aliphatic carbocycles. The number of aliphatic hydroxyl groups excluding tert-OH is 1. The molecule has 0 aromatic heterocycles. The zero-order valence-electron chi connectivity index (χ0n) is 10.9. The molecule has 4 heteroatoms. The Hall–Kier alpha value is -1.26. The first kappa shape index (κ1) is 14.2. The maximum atomic E-state index is 13.8. The van der Waals surface area contributed by atoms with Gasteiger partial charge in [0.25, 0.3) is 0 Å². The lowest BCUT2D eigenvalue weighted by Crippen LogP contribution is -2.31. The minimum atomic E-state index is -0.558. The largest absolute Gasteiger partial charge is 0.396 e. The molecule has 0 spiro atoms. The van der Waals surface area contributed by atoms with E-state index in [1.165, 1.54) is 12.1 Å². The first-order chi connectivity index (χ1) is 9.13. The van der Waals surface area contributed by atoms with Crippen molar-refractivity contribution in [3.63, 3.8) is 0 Å². The number of hydrogen-bond acceptors (Lipinski definition) is 2. The molecule has 0 bridgehead atoms. The van der Waals surface area contributed by atoms with Crippen LogP contribution in [0.4, 0.5) is 8.78 Å². The number of benzene rings is 1. The summed E-state index contributed by atoms with van der Waals surface area (Å²) in [6, 6.07) is 3.68. The molecule has 0 saturated heterocycles. The van der Waals surface area contributed by atoms with Gasteiger partial charge in [-0.25, -0.2) is 8.78 Å². The number of nitrogens with one attached hydrogen (secondary N) is 1. The van der Waals surface area contributed by atoms with Crippen LogP contribution in [0.25, 0.3) is 0 Å². The summed E-state index contributed by atoms with van der Waals surface area (Å²) in [4.78, 5) is 0. The third-order valence-electron chi connectivity index (χ3n) is 3.57. The topological polar surface area (TPSA) is 32.3 Å². The normalized spacial score (nSPS) is 23.8. The highest BCUT2D eigenvalue weighted by atomic mass is 19.1. The van der Waals surface area contributed by atoms with Crippen LogP contribution in [0.15, 0.2) is 30.4 Å². The second-order valence-corrected chi connectivity index (χ2v) is 4.96. The first-order valence-corrected chi connectivity index (χ1v) is 6.64. The van der Waals surface area contributed by atoms with Crippen LogP contribution in [-0.2, 0) is 0 Å². The Balaban J connectivity index is 2.06. The van der Waals surface area contributed by atoms with Gasteiger partial charge in [-0.2, -0.15) is 0 Å². The van der Waals surface area contributed by atoms with Crippen LogP contribution in [0.3, 0.4) is 0 Å². The number of rotatable bonds is 5. The predicted molar refractivity (Wildman–Crippen MR) is 70.6 cm³/mol. The highest BCUT2D eigenvalue weighted by Crippen LogP contribution is 2.25. The Labute approximate surface area is 112 Å². The van der Waals surface area contributed by atoms with E-state index in [0.717, 1.165) is 18.9 Å². The maximum absolute atomic E-state index is 13.8. The minimum Gasteiger partial charge on any atom is -0.396 e. The van der Waals surface area contributed by atoms with E-state index in [1.807, 2.05) is 19.1 Å². The van der Waals surface area contributed by atoms with Crippen molar-refractivity contribution in [3.05, 3.63) is 47.5 Å². The summed E-state index contributed by atoms with van der Waals surface area (Å²) in [7, 11) is 0. The van der Waals surface area contributed by atoms with Crippen molar-refractivity contribution < 1.29 is 13.9 Å². The zero-order chi connectivity index (χ0) is 13.8. The van der Waals surface area contributed by atoms with Crippen LogP contribution < -0.4 is 5.32 Å². The van der Waals surface area contributed by atoms with Gasteiger partial charge in [0.05, 0.1) is 0 Å². The second kappa shape index (κ2) is 6.26. The third-order valence-corrected chi connectivity index (χ3v) is 3.57. The van der Waals surface area contributed by atoms with Crippen LogP contribution in [-0.4, -0.2) is 17.8 Å². The van der Waals surface area contributed by atoms with Gasteiger partial charge in [-0.05, 0) is 18.9 Å². The van der Waals surface area contributed by atoms with E-state index >= 15 is 0 Å². The molecule has 0 fully saturated rings. The van der Waals surface area contributed by atoms with Crippen molar-refractivity contribution in [2.24, 2.45) is 5.92 Å². The van der Waals surface area contributed by atoms with E-state index in [4.69, 9.17) is 5.11 Å². The van der Waals surface area contributed by atoms with E-state index in [0.29, 0.717) is 5.56 Å². The molecule has 2 rings (SSSR count). The van der Waals surface area contributed by atoms with Crippen molar-refractivity contribution in [1.82, 2.24) is 5.32 Å². The molecule has 1 aromatic carbocycles. The summed E-state index contributed by atoms with van der Waals surface area (Å²) >= 11 is 0. The standard InChI is InChI=1S/C15H19F2NO/c1-2-15(13-6-4-11(16)8-14(13)17)18-12-5-3-10(7-12)9-19/h3-6,8,10,12,15,18-19H,2,7,9H2,1H3/t10-,12+,15?/m0/s1. The SMILES string of the molecule is CCC(N[C@@H]1C=C[C@H](CO)C1)c1ccc(F)cc1F. The van der Waals surface area contributed by atoms with Crippen LogP contribution in [0.1, 0.15) is 31.4 Å².